The minimum atomic E-state index is -4.41. The third-order valence-corrected chi connectivity index (χ3v) is 1.37. The molecule has 1 heterocycles. The van der Waals surface area contributed by atoms with Crippen LogP contribution in [0.15, 0.2) is 12.1 Å². The highest BCUT2D eigenvalue weighted by molar-refractivity contribution is 5.09. The zero-order valence-corrected chi connectivity index (χ0v) is 6.89. The molecule has 0 aromatic carbocycles. The van der Waals surface area contributed by atoms with Gasteiger partial charge in [-0.05, 0) is 19.2 Å². The second kappa shape index (κ2) is 3.69. The van der Waals surface area contributed by atoms with E-state index in [9.17, 15) is 13.2 Å². The van der Waals surface area contributed by atoms with Crippen molar-refractivity contribution >= 4 is 0 Å². The molecule has 1 N–H and O–H groups in total. The first-order valence-electron chi connectivity index (χ1n) is 3.58. The first-order valence-corrected chi connectivity index (χ1v) is 3.58. The SMILES string of the molecule is CNCc1ccc(C(F)(F)F)nn1. The lowest BCUT2D eigenvalue weighted by Crippen LogP contribution is -2.12. The van der Waals surface area contributed by atoms with E-state index in [1.54, 1.807) is 7.05 Å². The second-order valence-corrected chi connectivity index (χ2v) is 2.44. The van der Waals surface area contributed by atoms with Crippen LogP contribution in [-0.4, -0.2) is 17.2 Å². The second-order valence-electron chi connectivity index (χ2n) is 2.44. The molecular formula is C7H8F3N3. The molecule has 0 fully saturated rings. The fourth-order valence-electron chi connectivity index (χ4n) is 0.786. The van der Waals surface area contributed by atoms with Gasteiger partial charge in [0.15, 0.2) is 5.69 Å². The monoisotopic (exact) mass is 191 g/mol. The van der Waals surface area contributed by atoms with Gasteiger partial charge in [-0.15, -0.1) is 5.10 Å². The normalized spacial score (nSPS) is 11.7. The number of nitrogens with one attached hydrogen (secondary N) is 1. The molecule has 72 valence electrons. The fourth-order valence-corrected chi connectivity index (χ4v) is 0.786. The number of hydrogen-bond acceptors (Lipinski definition) is 3. The summed E-state index contributed by atoms with van der Waals surface area (Å²) in [7, 11) is 1.68. The van der Waals surface area contributed by atoms with Crippen molar-refractivity contribution in [3.63, 3.8) is 0 Å². The Morgan fingerprint density at radius 1 is 1.31 bits per heavy atom. The predicted octanol–water partition coefficient (Wildman–Crippen LogP) is 1.21. The van der Waals surface area contributed by atoms with E-state index in [4.69, 9.17) is 0 Å². The van der Waals surface area contributed by atoms with Gasteiger partial charge in [0.1, 0.15) is 0 Å². The predicted molar refractivity (Wildman–Crippen MR) is 39.8 cm³/mol. The summed E-state index contributed by atoms with van der Waals surface area (Å²) in [5.74, 6) is 0. The molecule has 0 amide bonds. The smallest absolute Gasteiger partial charge is 0.314 e. The zero-order chi connectivity index (χ0) is 9.90. The van der Waals surface area contributed by atoms with Crippen LogP contribution in [0.1, 0.15) is 11.4 Å². The van der Waals surface area contributed by atoms with Crippen LogP contribution >= 0.6 is 0 Å². The quantitative estimate of drug-likeness (QED) is 0.763. The molecule has 0 radical (unpaired) electrons. The third-order valence-electron chi connectivity index (χ3n) is 1.37. The van der Waals surface area contributed by atoms with E-state index in [0.717, 1.165) is 6.07 Å². The van der Waals surface area contributed by atoms with E-state index in [2.05, 4.69) is 15.5 Å². The van der Waals surface area contributed by atoms with Crippen molar-refractivity contribution in [2.75, 3.05) is 7.05 Å². The van der Waals surface area contributed by atoms with Gasteiger partial charge in [0.05, 0.1) is 5.69 Å². The lowest BCUT2D eigenvalue weighted by molar-refractivity contribution is -0.141. The number of alkyl halides is 3. The maximum Gasteiger partial charge on any atom is 0.435 e. The summed E-state index contributed by atoms with van der Waals surface area (Å²) in [6.45, 7) is 0.408. The maximum atomic E-state index is 12.0. The first kappa shape index (κ1) is 9.91. The van der Waals surface area contributed by atoms with E-state index >= 15 is 0 Å². The first-order chi connectivity index (χ1) is 6.04. The molecule has 0 spiro atoms. The van der Waals surface area contributed by atoms with Crippen molar-refractivity contribution in [2.45, 2.75) is 12.7 Å². The fraction of sp³-hybridized carbons (Fsp3) is 0.429. The lowest BCUT2D eigenvalue weighted by atomic mass is 10.3. The standard InChI is InChI=1S/C7H8F3N3/c1-11-4-5-2-3-6(13-12-5)7(8,9)10/h2-3,11H,4H2,1H3. The van der Waals surface area contributed by atoms with Crippen LogP contribution in [0.5, 0.6) is 0 Å². The van der Waals surface area contributed by atoms with Crippen LogP contribution in [0, 0.1) is 0 Å². The van der Waals surface area contributed by atoms with E-state index < -0.39 is 11.9 Å². The van der Waals surface area contributed by atoms with Gasteiger partial charge in [-0.2, -0.15) is 18.3 Å². The minimum Gasteiger partial charge on any atom is -0.314 e. The maximum absolute atomic E-state index is 12.0. The summed E-state index contributed by atoms with van der Waals surface area (Å²) in [5.41, 5.74) is -0.483. The Morgan fingerprint density at radius 2 is 2.00 bits per heavy atom. The van der Waals surface area contributed by atoms with Crippen LogP contribution in [0.3, 0.4) is 0 Å². The van der Waals surface area contributed by atoms with Gasteiger partial charge in [0.2, 0.25) is 0 Å². The van der Waals surface area contributed by atoms with Crippen molar-refractivity contribution < 1.29 is 13.2 Å². The van der Waals surface area contributed by atoms with Gasteiger partial charge in [0, 0.05) is 6.54 Å². The van der Waals surface area contributed by atoms with Crippen molar-refractivity contribution in [3.8, 4) is 0 Å². The number of halogens is 3. The molecule has 0 aliphatic carbocycles. The van der Waals surface area contributed by atoms with Gasteiger partial charge in [0.25, 0.3) is 0 Å². The van der Waals surface area contributed by atoms with Crippen LogP contribution in [-0.2, 0) is 12.7 Å². The number of hydrogen-bond donors (Lipinski definition) is 1. The van der Waals surface area contributed by atoms with Gasteiger partial charge < -0.3 is 5.32 Å². The summed E-state index contributed by atoms with van der Waals surface area (Å²) in [6.07, 6.45) is -4.41. The zero-order valence-electron chi connectivity index (χ0n) is 6.89. The van der Waals surface area contributed by atoms with Gasteiger partial charge in [-0.3, -0.25) is 0 Å². The molecule has 0 atom stereocenters. The summed E-state index contributed by atoms with van der Waals surface area (Å²) < 4.78 is 36.0. The van der Waals surface area contributed by atoms with E-state index in [0.29, 0.717) is 12.2 Å². The molecule has 3 nitrogen and oxygen atoms in total. The average Bonchev–Trinajstić information content (AvgIpc) is 2.04. The summed E-state index contributed by atoms with van der Waals surface area (Å²) in [5, 5.41) is 9.21. The molecule has 6 heteroatoms. The Bertz CT molecular complexity index is 267. The molecule has 1 rings (SSSR count). The molecular weight excluding hydrogens is 183 g/mol. The molecule has 13 heavy (non-hydrogen) atoms. The van der Waals surface area contributed by atoms with Crippen molar-refractivity contribution in [1.29, 1.82) is 0 Å². The number of nitrogens with zero attached hydrogens (tertiary/aromatic N) is 2. The summed E-state index contributed by atoms with van der Waals surface area (Å²) in [6, 6.07) is 2.21. The number of rotatable bonds is 2. The molecule has 0 aliphatic heterocycles. The summed E-state index contributed by atoms with van der Waals surface area (Å²) in [4.78, 5) is 0. The van der Waals surface area contributed by atoms with Crippen LogP contribution in [0.25, 0.3) is 0 Å². The highest BCUT2D eigenvalue weighted by atomic mass is 19.4. The van der Waals surface area contributed by atoms with E-state index in [1.807, 2.05) is 0 Å². The Hall–Kier alpha value is -1.17. The molecule has 0 saturated heterocycles. The molecule has 0 unspecified atom stereocenters. The van der Waals surface area contributed by atoms with Crippen molar-refractivity contribution in [1.82, 2.24) is 15.5 Å². The van der Waals surface area contributed by atoms with Crippen LogP contribution < -0.4 is 5.32 Å². The van der Waals surface area contributed by atoms with Crippen LogP contribution in [0.4, 0.5) is 13.2 Å². The molecule has 0 aliphatic rings. The van der Waals surface area contributed by atoms with E-state index in [-0.39, 0.29) is 0 Å². The topological polar surface area (TPSA) is 37.8 Å². The van der Waals surface area contributed by atoms with Gasteiger partial charge in [-0.25, -0.2) is 0 Å². The Kier molecular flexibility index (Phi) is 2.82. The van der Waals surface area contributed by atoms with Gasteiger partial charge >= 0.3 is 6.18 Å². The molecule has 1 aromatic rings. The lowest BCUT2D eigenvalue weighted by Gasteiger charge is -2.04. The van der Waals surface area contributed by atoms with Gasteiger partial charge in [-0.1, -0.05) is 0 Å². The molecule has 0 saturated carbocycles. The highest BCUT2D eigenvalue weighted by Crippen LogP contribution is 2.26. The van der Waals surface area contributed by atoms with E-state index in [1.165, 1.54) is 6.07 Å². The van der Waals surface area contributed by atoms with Crippen molar-refractivity contribution in [2.24, 2.45) is 0 Å². The minimum absolute atomic E-state index is 0.408. The van der Waals surface area contributed by atoms with Crippen molar-refractivity contribution in [3.05, 3.63) is 23.5 Å². The number of aromatic nitrogens is 2. The third kappa shape index (κ3) is 2.66. The highest BCUT2D eigenvalue weighted by Gasteiger charge is 2.32. The molecule has 1 aromatic heterocycles. The molecule has 0 bridgehead atoms. The Balaban J connectivity index is 2.81. The average molecular weight is 191 g/mol. The Morgan fingerprint density at radius 3 is 2.38 bits per heavy atom. The Labute approximate surface area is 73.0 Å². The van der Waals surface area contributed by atoms with Crippen LogP contribution in [0.2, 0.25) is 0 Å². The largest absolute Gasteiger partial charge is 0.435 e. The summed E-state index contributed by atoms with van der Waals surface area (Å²) >= 11 is 0.